The van der Waals surface area contributed by atoms with Crippen molar-refractivity contribution in [1.29, 1.82) is 0 Å². The molecule has 80 valence electrons. The number of rotatable bonds is 5. The molecule has 2 aromatic heterocycles. The molecule has 0 spiro atoms. The molecule has 0 amide bonds. The Morgan fingerprint density at radius 3 is 2.73 bits per heavy atom. The van der Waals surface area contributed by atoms with Gasteiger partial charge in [0.05, 0.1) is 6.20 Å². The molecule has 0 atom stereocenters. The standard InChI is InChI=1S/C12H17N3/c1-2-3-4-11-15-12(7-8-13-15)14-9-5-6-10-14/h5-10H,2-4,11H2,1H3. The highest BCUT2D eigenvalue weighted by Crippen LogP contribution is 2.08. The zero-order valence-electron chi connectivity index (χ0n) is 9.13. The Hall–Kier alpha value is -1.51. The number of unbranched alkanes of at least 4 members (excludes halogenated alkanes) is 2. The van der Waals surface area contributed by atoms with Crippen LogP contribution in [-0.4, -0.2) is 14.3 Å². The Kier molecular flexibility index (Phi) is 3.22. The molecule has 15 heavy (non-hydrogen) atoms. The van der Waals surface area contributed by atoms with Crippen molar-refractivity contribution in [3.63, 3.8) is 0 Å². The maximum atomic E-state index is 4.34. The van der Waals surface area contributed by atoms with Crippen molar-refractivity contribution < 1.29 is 0 Å². The van der Waals surface area contributed by atoms with Gasteiger partial charge >= 0.3 is 0 Å². The predicted molar refractivity (Wildman–Crippen MR) is 61.1 cm³/mol. The SMILES string of the molecule is CCCCCn1nccc1-n1cccc1. The Labute approximate surface area is 90.3 Å². The second kappa shape index (κ2) is 4.82. The molecule has 0 saturated carbocycles. The van der Waals surface area contributed by atoms with Gasteiger partial charge in [0, 0.05) is 25.0 Å². The summed E-state index contributed by atoms with van der Waals surface area (Å²) in [5.74, 6) is 1.15. The molecule has 0 aliphatic heterocycles. The van der Waals surface area contributed by atoms with Gasteiger partial charge in [0.15, 0.2) is 0 Å². The van der Waals surface area contributed by atoms with Gasteiger partial charge in [-0.15, -0.1) is 0 Å². The number of aromatic nitrogens is 3. The number of hydrogen-bond donors (Lipinski definition) is 0. The van der Waals surface area contributed by atoms with Gasteiger partial charge in [-0.2, -0.15) is 5.10 Å². The van der Waals surface area contributed by atoms with Crippen molar-refractivity contribution in [2.45, 2.75) is 32.7 Å². The molecule has 0 saturated heterocycles. The molecular formula is C12H17N3. The number of hydrogen-bond acceptors (Lipinski definition) is 1. The van der Waals surface area contributed by atoms with Crippen LogP contribution < -0.4 is 0 Å². The first-order valence-electron chi connectivity index (χ1n) is 5.57. The summed E-state index contributed by atoms with van der Waals surface area (Å²) in [6.07, 6.45) is 9.68. The molecule has 0 aromatic carbocycles. The van der Waals surface area contributed by atoms with Crippen LogP contribution in [0.15, 0.2) is 36.8 Å². The molecule has 0 aliphatic carbocycles. The predicted octanol–water partition coefficient (Wildman–Crippen LogP) is 2.86. The Morgan fingerprint density at radius 2 is 2.00 bits per heavy atom. The van der Waals surface area contributed by atoms with Gasteiger partial charge in [0.1, 0.15) is 5.82 Å². The first kappa shape index (κ1) is 10.0. The van der Waals surface area contributed by atoms with Crippen LogP contribution in [0.3, 0.4) is 0 Å². The molecule has 0 fully saturated rings. The Balaban J connectivity index is 2.09. The van der Waals surface area contributed by atoms with E-state index in [0.29, 0.717) is 0 Å². The van der Waals surface area contributed by atoms with Gasteiger partial charge in [-0.25, -0.2) is 4.68 Å². The van der Waals surface area contributed by atoms with E-state index in [1.54, 1.807) is 0 Å². The highest BCUT2D eigenvalue weighted by Gasteiger charge is 2.02. The molecule has 3 nitrogen and oxygen atoms in total. The van der Waals surface area contributed by atoms with E-state index in [0.717, 1.165) is 12.4 Å². The van der Waals surface area contributed by atoms with Crippen LogP contribution in [0.1, 0.15) is 26.2 Å². The lowest BCUT2D eigenvalue weighted by Gasteiger charge is -2.07. The average Bonchev–Trinajstić information content (AvgIpc) is 2.87. The minimum atomic E-state index is 1.01. The van der Waals surface area contributed by atoms with Crippen molar-refractivity contribution in [2.75, 3.05) is 0 Å². The van der Waals surface area contributed by atoms with Crippen LogP contribution in [0, 0.1) is 0 Å². The van der Waals surface area contributed by atoms with Crippen LogP contribution in [0.2, 0.25) is 0 Å². The fourth-order valence-electron chi connectivity index (χ4n) is 1.72. The van der Waals surface area contributed by atoms with Crippen LogP contribution in [0.4, 0.5) is 0 Å². The summed E-state index contributed by atoms with van der Waals surface area (Å²) in [5.41, 5.74) is 0. The van der Waals surface area contributed by atoms with Gasteiger partial charge in [-0.3, -0.25) is 0 Å². The van der Waals surface area contributed by atoms with E-state index in [1.165, 1.54) is 19.3 Å². The van der Waals surface area contributed by atoms with Crippen molar-refractivity contribution in [3.05, 3.63) is 36.8 Å². The Morgan fingerprint density at radius 1 is 1.20 bits per heavy atom. The van der Waals surface area contributed by atoms with Gasteiger partial charge < -0.3 is 4.57 Å². The van der Waals surface area contributed by atoms with E-state index in [-0.39, 0.29) is 0 Å². The lowest BCUT2D eigenvalue weighted by molar-refractivity contribution is 0.544. The second-order valence-corrected chi connectivity index (χ2v) is 3.71. The molecule has 2 heterocycles. The van der Waals surface area contributed by atoms with Gasteiger partial charge in [-0.05, 0) is 18.6 Å². The zero-order valence-corrected chi connectivity index (χ0v) is 9.13. The lowest BCUT2D eigenvalue weighted by atomic mass is 10.2. The molecule has 0 aliphatic rings. The molecule has 0 radical (unpaired) electrons. The van der Waals surface area contributed by atoms with E-state index < -0.39 is 0 Å². The van der Waals surface area contributed by atoms with Crippen molar-refractivity contribution in [3.8, 4) is 5.82 Å². The lowest BCUT2D eigenvalue weighted by Crippen LogP contribution is -2.06. The van der Waals surface area contributed by atoms with Crippen LogP contribution in [0.25, 0.3) is 5.82 Å². The van der Waals surface area contributed by atoms with Crippen LogP contribution in [0.5, 0.6) is 0 Å². The van der Waals surface area contributed by atoms with Gasteiger partial charge in [-0.1, -0.05) is 19.8 Å². The molecule has 0 N–H and O–H groups in total. The monoisotopic (exact) mass is 203 g/mol. The maximum Gasteiger partial charge on any atom is 0.134 e. The van der Waals surface area contributed by atoms with Crippen LogP contribution in [-0.2, 0) is 6.54 Å². The fraction of sp³-hybridized carbons (Fsp3) is 0.417. The van der Waals surface area contributed by atoms with E-state index in [4.69, 9.17) is 0 Å². The van der Waals surface area contributed by atoms with E-state index in [9.17, 15) is 0 Å². The first-order chi connectivity index (χ1) is 7.42. The molecular weight excluding hydrogens is 186 g/mol. The van der Waals surface area contributed by atoms with Crippen molar-refractivity contribution >= 4 is 0 Å². The second-order valence-electron chi connectivity index (χ2n) is 3.71. The summed E-state index contributed by atoms with van der Waals surface area (Å²) in [5, 5.41) is 4.34. The number of aryl methyl sites for hydroxylation is 1. The summed E-state index contributed by atoms with van der Waals surface area (Å²) < 4.78 is 4.16. The van der Waals surface area contributed by atoms with Gasteiger partial charge in [0.25, 0.3) is 0 Å². The third-order valence-electron chi connectivity index (χ3n) is 2.54. The summed E-state index contributed by atoms with van der Waals surface area (Å²) in [4.78, 5) is 0. The van der Waals surface area contributed by atoms with E-state index in [1.807, 2.05) is 36.8 Å². The zero-order chi connectivity index (χ0) is 10.5. The minimum Gasteiger partial charge on any atom is -0.309 e. The number of nitrogens with zero attached hydrogens (tertiary/aromatic N) is 3. The largest absolute Gasteiger partial charge is 0.309 e. The normalized spacial score (nSPS) is 10.7. The van der Waals surface area contributed by atoms with Crippen molar-refractivity contribution in [1.82, 2.24) is 14.3 Å². The van der Waals surface area contributed by atoms with Crippen LogP contribution >= 0.6 is 0 Å². The van der Waals surface area contributed by atoms with Crippen molar-refractivity contribution in [2.24, 2.45) is 0 Å². The highest BCUT2D eigenvalue weighted by atomic mass is 15.3. The highest BCUT2D eigenvalue weighted by molar-refractivity contribution is 5.22. The van der Waals surface area contributed by atoms with E-state index >= 15 is 0 Å². The molecule has 3 heteroatoms. The summed E-state index contributed by atoms with van der Waals surface area (Å²) >= 11 is 0. The smallest absolute Gasteiger partial charge is 0.134 e. The molecule has 2 rings (SSSR count). The van der Waals surface area contributed by atoms with E-state index in [2.05, 4.69) is 21.3 Å². The summed E-state index contributed by atoms with van der Waals surface area (Å²) in [6, 6.07) is 6.11. The maximum absolute atomic E-state index is 4.34. The molecule has 0 unspecified atom stereocenters. The molecule has 2 aromatic rings. The fourth-order valence-corrected chi connectivity index (χ4v) is 1.72. The first-order valence-corrected chi connectivity index (χ1v) is 5.57. The minimum absolute atomic E-state index is 1.01. The topological polar surface area (TPSA) is 22.8 Å². The third kappa shape index (κ3) is 2.29. The summed E-state index contributed by atoms with van der Waals surface area (Å²) in [7, 11) is 0. The Bertz CT molecular complexity index is 387. The van der Waals surface area contributed by atoms with Gasteiger partial charge in [0.2, 0.25) is 0 Å². The molecule has 0 bridgehead atoms. The summed E-state index contributed by atoms with van der Waals surface area (Å²) in [6.45, 7) is 3.23. The average molecular weight is 203 g/mol. The quantitative estimate of drug-likeness (QED) is 0.685. The third-order valence-corrected chi connectivity index (χ3v) is 2.54.